The molecule has 0 aliphatic carbocycles. The minimum absolute atomic E-state index is 0.0601. The van der Waals surface area contributed by atoms with Gasteiger partial charge in [0.15, 0.2) is 0 Å². The molecule has 160 valence electrons. The smallest absolute Gasteiger partial charge is 0.313 e. The van der Waals surface area contributed by atoms with Gasteiger partial charge in [0.2, 0.25) is 0 Å². The van der Waals surface area contributed by atoms with Gasteiger partial charge >= 0.3 is 11.8 Å². The zero-order valence-electron chi connectivity index (χ0n) is 17.2. The Labute approximate surface area is 181 Å². The van der Waals surface area contributed by atoms with Gasteiger partial charge in [-0.3, -0.25) is 14.5 Å². The second-order valence-corrected chi connectivity index (χ2v) is 7.65. The van der Waals surface area contributed by atoms with E-state index in [1.54, 1.807) is 13.2 Å². The molecule has 2 amide bonds. The SMILES string of the molecule is COc1ccc(C(CNC(=O)C(=O)Nc2ccccc2SC)N2CCOCC2)cc1. The molecule has 2 N–H and O–H groups in total. The number of benzene rings is 2. The Bertz CT molecular complexity index is 854. The van der Waals surface area contributed by atoms with E-state index in [1.165, 1.54) is 11.8 Å². The Morgan fingerprint density at radius 3 is 2.47 bits per heavy atom. The highest BCUT2D eigenvalue weighted by Crippen LogP contribution is 2.25. The van der Waals surface area contributed by atoms with Crippen molar-refractivity contribution in [2.75, 3.05) is 51.5 Å². The van der Waals surface area contributed by atoms with Crippen molar-refractivity contribution in [2.24, 2.45) is 0 Å². The summed E-state index contributed by atoms with van der Waals surface area (Å²) in [4.78, 5) is 28.0. The second kappa shape index (κ2) is 11.0. The van der Waals surface area contributed by atoms with Gasteiger partial charge in [0.25, 0.3) is 0 Å². The molecule has 0 bridgehead atoms. The average molecular weight is 430 g/mol. The fourth-order valence-electron chi connectivity index (χ4n) is 3.37. The van der Waals surface area contributed by atoms with Crippen LogP contribution in [0, 0.1) is 0 Å². The summed E-state index contributed by atoms with van der Waals surface area (Å²) >= 11 is 1.51. The predicted molar refractivity (Wildman–Crippen MR) is 118 cm³/mol. The van der Waals surface area contributed by atoms with Crippen LogP contribution in [0.25, 0.3) is 0 Å². The number of nitrogens with zero attached hydrogens (tertiary/aromatic N) is 1. The van der Waals surface area contributed by atoms with Gasteiger partial charge in [0.1, 0.15) is 5.75 Å². The Morgan fingerprint density at radius 1 is 1.10 bits per heavy atom. The molecule has 0 spiro atoms. The first kappa shape index (κ1) is 22.1. The Morgan fingerprint density at radius 2 is 1.80 bits per heavy atom. The molecule has 30 heavy (non-hydrogen) atoms. The van der Waals surface area contributed by atoms with Crippen LogP contribution in [0.15, 0.2) is 53.4 Å². The Kier molecular flexibility index (Phi) is 8.12. The van der Waals surface area contributed by atoms with Crippen molar-refractivity contribution in [3.8, 4) is 5.75 Å². The first-order valence-corrected chi connectivity index (χ1v) is 11.0. The molecule has 2 aromatic carbocycles. The number of hydrogen-bond donors (Lipinski definition) is 2. The van der Waals surface area contributed by atoms with Crippen molar-refractivity contribution in [1.29, 1.82) is 0 Å². The third kappa shape index (κ3) is 5.75. The summed E-state index contributed by atoms with van der Waals surface area (Å²) in [5.41, 5.74) is 1.68. The van der Waals surface area contributed by atoms with Crippen molar-refractivity contribution in [2.45, 2.75) is 10.9 Å². The van der Waals surface area contributed by atoms with Crippen molar-refractivity contribution in [3.63, 3.8) is 0 Å². The van der Waals surface area contributed by atoms with Gasteiger partial charge in [-0.1, -0.05) is 24.3 Å². The molecule has 1 fully saturated rings. The van der Waals surface area contributed by atoms with Crippen LogP contribution in [0.1, 0.15) is 11.6 Å². The lowest BCUT2D eigenvalue weighted by Crippen LogP contribution is -2.45. The maximum absolute atomic E-state index is 12.5. The molecule has 7 nitrogen and oxygen atoms in total. The van der Waals surface area contributed by atoms with Crippen LogP contribution in [0.5, 0.6) is 5.75 Å². The van der Waals surface area contributed by atoms with Gasteiger partial charge in [-0.2, -0.15) is 0 Å². The quantitative estimate of drug-likeness (QED) is 0.520. The van der Waals surface area contributed by atoms with Crippen molar-refractivity contribution in [3.05, 3.63) is 54.1 Å². The standard InChI is InChI=1S/C22H27N3O4S/c1-28-17-9-7-16(8-10-17)19(25-11-13-29-14-12-25)15-23-21(26)22(27)24-18-5-3-4-6-20(18)30-2/h3-10,19H,11-15H2,1-2H3,(H,23,26)(H,24,27). The summed E-state index contributed by atoms with van der Waals surface area (Å²) in [5.74, 6) is -0.556. The van der Waals surface area contributed by atoms with Crippen LogP contribution in [0.3, 0.4) is 0 Å². The van der Waals surface area contributed by atoms with E-state index in [1.807, 2.05) is 48.7 Å². The molecule has 1 heterocycles. The number of amides is 2. The number of carbonyl (C=O) groups is 2. The average Bonchev–Trinajstić information content (AvgIpc) is 2.80. The second-order valence-electron chi connectivity index (χ2n) is 6.80. The largest absolute Gasteiger partial charge is 0.497 e. The number of ether oxygens (including phenoxy) is 2. The first-order valence-electron chi connectivity index (χ1n) is 9.80. The molecule has 0 aromatic heterocycles. The van der Waals surface area contributed by atoms with E-state index < -0.39 is 11.8 Å². The summed E-state index contributed by atoms with van der Waals surface area (Å²) in [7, 11) is 1.63. The monoisotopic (exact) mass is 429 g/mol. The van der Waals surface area contributed by atoms with Gasteiger partial charge in [0, 0.05) is 24.5 Å². The van der Waals surface area contributed by atoms with Gasteiger partial charge in [-0.15, -0.1) is 11.8 Å². The minimum Gasteiger partial charge on any atom is -0.497 e. The van der Waals surface area contributed by atoms with Gasteiger partial charge in [-0.05, 0) is 36.1 Å². The molecule has 8 heteroatoms. The Balaban J connectivity index is 1.66. The van der Waals surface area contributed by atoms with E-state index in [0.29, 0.717) is 25.4 Å². The molecular formula is C22H27N3O4S. The number of morpholine rings is 1. The molecule has 2 aromatic rings. The molecular weight excluding hydrogens is 402 g/mol. The predicted octanol–water partition coefficient (Wildman–Crippen LogP) is 2.55. The maximum atomic E-state index is 12.5. The fourth-order valence-corrected chi connectivity index (χ4v) is 3.92. The van der Waals surface area contributed by atoms with Gasteiger partial charge < -0.3 is 20.1 Å². The molecule has 3 rings (SSSR count). The molecule has 0 saturated carbocycles. The maximum Gasteiger partial charge on any atom is 0.313 e. The van der Waals surface area contributed by atoms with E-state index in [2.05, 4.69) is 15.5 Å². The van der Waals surface area contributed by atoms with Crippen molar-refractivity contribution >= 4 is 29.3 Å². The van der Waals surface area contributed by atoms with Gasteiger partial charge in [0.05, 0.1) is 32.1 Å². The number of hydrogen-bond acceptors (Lipinski definition) is 6. The zero-order chi connectivity index (χ0) is 21.3. The van der Waals surface area contributed by atoms with Gasteiger partial charge in [-0.25, -0.2) is 0 Å². The van der Waals surface area contributed by atoms with Crippen LogP contribution in [0.4, 0.5) is 5.69 Å². The lowest BCUT2D eigenvalue weighted by atomic mass is 10.0. The highest BCUT2D eigenvalue weighted by Gasteiger charge is 2.24. The first-order chi connectivity index (χ1) is 14.6. The van der Waals surface area contributed by atoms with E-state index >= 15 is 0 Å². The lowest BCUT2D eigenvalue weighted by molar-refractivity contribution is -0.136. The molecule has 1 atom stereocenters. The molecule has 0 radical (unpaired) electrons. The number of anilines is 1. The Hall–Kier alpha value is -2.55. The highest BCUT2D eigenvalue weighted by atomic mass is 32.2. The number of thioether (sulfide) groups is 1. The minimum atomic E-state index is -0.674. The van der Waals surface area contributed by atoms with E-state index in [9.17, 15) is 9.59 Å². The van der Waals surface area contributed by atoms with Crippen LogP contribution in [-0.4, -0.2) is 62.9 Å². The fraction of sp³-hybridized carbons (Fsp3) is 0.364. The van der Waals surface area contributed by atoms with E-state index in [4.69, 9.17) is 9.47 Å². The number of nitrogens with one attached hydrogen (secondary N) is 2. The summed E-state index contributed by atoms with van der Waals surface area (Å²) in [6, 6.07) is 15.1. The van der Waals surface area contributed by atoms with E-state index in [-0.39, 0.29) is 6.04 Å². The topological polar surface area (TPSA) is 79.9 Å². The van der Waals surface area contributed by atoms with Crippen LogP contribution < -0.4 is 15.4 Å². The number of para-hydroxylation sites is 1. The summed E-state index contributed by atoms with van der Waals surface area (Å²) < 4.78 is 10.7. The third-order valence-corrected chi connectivity index (χ3v) is 5.80. The van der Waals surface area contributed by atoms with Crippen molar-refractivity contribution < 1.29 is 19.1 Å². The number of rotatable bonds is 7. The number of carbonyl (C=O) groups excluding carboxylic acids is 2. The number of methoxy groups -OCH3 is 1. The third-order valence-electron chi connectivity index (χ3n) is 5.00. The lowest BCUT2D eigenvalue weighted by Gasteiger charge is -2.35. The normalized spacial score (nSPS) is 15.3. The molecule has 1 unspecified atom stereocenters. The van der Waals surface area contributed by atoms with E-state index in [0.717, 1.165) is 29.3 Å². The van der Waals surface area contributed by atoms with Crippen LogP contribution >= 0.6 is 11.8 Å². The molecule has 1 saturated heterocycles. The molecule has 1 aliphatic rings. The molecule has 1 aliphatic heterocycles. The highest BCUT2D eigenvalue weighted by molar-refractivity contribution is 7.98. The summed E-state index contributed by atoms with van der Waals surface area (Å²) in [6.07, 6.45) is 1.92. The van der Waals surface area contributed by atoms with Crippen molar-refractivity contribution in [1.82, 2.24) is 10.2 Å². The summed E-state index contributed by atoms with van der Waals surface area (Å²) in [5, 5.41) is 5.49. The summed E-state index contributed by atoms with van der Waals surface area (Å²) in [6.45, 7) is 3.14. The van der Waals surface area contributed by atoms with Crippen LogP contribution in [-0.2, 0) is 14.3 Å². The zero-order valence-corrected chi connectivity index (χ0v) is 18.0. The van der Waals surface area contributed by atoms with Crippen LogP contribution in [0.2, 0.25) is 0 Å².